The monoisotopic (exact) mass is 396 g/mol. The number of nitrogens with zero attached hydrogens (tertiary/aromatic N) is 6. The van der Waals surface area contributed by atoms with E-state index in [0.29, 0.717) is 11.4 Å². The number of aromatic nitrogens is 5. The predicted octanol–water partition coefficient (Wildman–Crippen LogP) is 3.57. The fourth-order valence-corrected chi connectivity index (χ4v) is 2.40. The van der Waals surface area contributed by atoms with Gasteiger partial charge >= 0.3 is 0 Å². The molecule has 0 amide bonds. The van der Waals surface area contributed by atoms with E-state index in [4.69, 9.17) is 5.73 Å². The Morgan fingerprint density at radius 3 is 2.48 bits per heavy atom. The minimum atomic E-state index is -3.10. The van der Waals surface area contributed by atoms with Gasteiger partial charge in [-0.3, -0.25) is 4.98 Å². The quantitative estimate of drug-likeness (QED) is 0.670. The van der Waals surface area contributed by atoms with E-state index in [9.17, 15) is 14.0 Å². The number of rotatable bonds is 5. The molecule has 0 aliphatic rings. The number of anilines is 3. The van der Waals surface area contributed by atoms with Crippen molar-refractivity contribution in [1.82, 2.24) is 24.9 Å². The third-order valence-electron chi connectivity index (χ3n) is 4.02. The van der Waals surface area contributed by atoms with Gasteiger partial charge in [-0.2, -0.15) is 29.0 Å². The number of halogens is 2. The van der Waals surface area contributed by atoms with Gasteiger partial charge in [0.1, 0.15) is 11.4 Å². The lowest BCUT2D eigenvalue weighted by Gasteiger charge is -2.15. The summed E-state index contributed by atoms with van der Waals surface area (Å²) in [5, 5.41) is 12.3. The van der Waals surface area contributed by atoms with Gasteiger partial charge < -0.3 is 11.1 Å². The number of alkyl halides is 2. The van der Waals surface area contributed by atoms with Crippen molar-refractivity contribution in [1.29, 1.82) is 5.26 Å². The standard InChI is InChI=1S/C19H18F2N8/c1-18(2,10-22)14-9-11(7-8-24-14)25-17-28-15(27-16(23)29-17)12-5-4-6-13(26-12)19(3,20)21/h4-9H,1-3H3,(H3,23,24,25,27,28,29). The summed E-state index contributed by atoms with van der Waals surface area (Å²) in [5.41, 5.74) is 5.86. The second kappa shape index (κ2) is 7.35. The highest BCUT2D eigenvalue weighted by atomic mass is 19.3. The summed E-state index contributed by atoms with van der Waals surface area (Å²) in [6, 6.07) is 9.73. The van der Waals surface area contributed by atoms with Crippen LogP contribution in [-0.4, -0.2) is 24.9 Å². The Balaban J connectivity index is 1.95. The highest BCUT2D eigenvalue weighted by Gasteiger charge is 2.26. The maximum absolute atomic E-state index is 13.6. The van der Waals surface area contributed by atoms with Crippen molar-refractivity contribution in [3.63, 3.8) is 0 Å². The molecule has 3 aromatic rings. The van der Waals surface area contributed by atoms with Crippen LogP contribution in [0.1, 0.15) is 32.2 Å². The molecule has 0 unspecified atom stereocenters. The second-order valence-electron chi connectivity index (χ2n) is 6.93. The Morgan fingerprint density at radius 2 is 1.79 bits per heavy atom. The number of nitrogens with two attached hydrogens (primary N) is 1. The molecule has 3 N–H and O–H groups in total. The third kappa shape index (κ3) is 4.57. The summed E-state index contributed by atoms with van der Waals surface area (Å²) in [6.45, 7) is 4.26. The lowest BCUT2D eigenvalue weighted by molar-refractivity contribution is 0.0129. The van der Waals surface area contributed by atoms with Crippen LogP contribution in [0.5, 0.6) is 0 Å². The van der Waals surface area contributed by atoms with E-state index in [-0.39, 0.29) is 23.4 Å². The first kappa shape index (κ1) is 20.0. The van der Waals surface area contributed by atoms with Gasteiger partial charge in [-0.1, -0.05) is 6.07 Å². The molecule has 0 saturated carbocycles. The van der Waals surface area contributed by atoms with E-state index in [1.807, 2.05) is 0 Å². The summed E-state index contributed by atoms with van der Waals surface area (Å²) in [6.07, 6.45) is 1.55. The van der Waals surface area contributed by atoms with Gasteiger partial charge in [-0.25, -0.2) is 4.98 Å². The lowest BCUT2D eigenvalue weighted by Crippen LogP contribution is -2.16. The molecule has 0 atom stereocenters. The molecule has 0 radical (unpaired) electrons. The smallest absolute Gasteiger partial charge is 0.286 e. The van der Waals surface area contributed by atoms with E-state index >= 15 is 0 Å². The van der Waals surface area contributed by atoms with Gasteiger partial charge in [0.05, 0.1) is 17.2 Å². The van der Waals surface area contributed by atoms with Gasteiger partial charge in [0.25, 0.3) is 5.92 Å². The van der Waals surface area contributed by atoms with E-state index in [2.05, 4.69) is 36.3 Å². The van der Waals surface area contributed by atoms with Crippen molar-refractivity contribution in [2.75, 3.05) is 11.1 Å². The van der Waals surface area contributed by atoms with E-state index in [1.165, 1.54) is 18.2 Å². The van der Waals surface area contributed by atoms with Crippen LogP contribution in [0.2, 0.25) is 0 Å². The van der Waals surface area contributed by atoms with Crippen molar-refractivity contribution in [3.8, 4) is 17.6 Å². The topological polar surface area (TPSA) is 126 Å². The number of hydrogen-bond donors (Lipinski definition) is 2. The highest BCUT2D eigenvalue weighted by Crippen LogP contribution is 2.27. The maximum Gasteiger partial charge on any atom is 0.286 e. The zero-order valence-electron chi connectivity index (χ0n) is 16.0. The molecule has 10 heteroatoms. The molecular weight excluding hydrogens is 378 g/mol. The summed E-state index contributed by atoms with van der Waals surface area (Å²) in [5.74, 6) is -3.04. The molecule has 29 heavy (non-hydrogen) atoms. The fourth-order valence-electron chi connectivity index (χ4n) is 2.40. The normalized spacial score (nSPS) is 11.7. The summed E-state index contributed by atoms with van der Waals surface area (Å²) < 4.78 is 27.2. The molecule has 0 aliphatic heterocycles. The van der Waals surface area contributed by atoms with E-state index in [0.717, 1.165) is 6.92 Å². The Kier molecular flexibility index (Phi) is 5.07. The molecule has 3 aromatic heterocycles. The van der Waals surface area contributed by atoms with E-state index < -0.39 is 17.0 Å². The van der Waals surface area contributed by atoms with Crippen molar-refractivity contribution < 1.29 is 8.78 Å². The minimum Gasteiger partial charge on any atom is -0.368 e. The maximum atomic E-state index is 13.6. The van der Waals surface area contributed by atoms with Crippen LogP contribution < -0.4 is 11.1 Å². The first-order valence-electron chi connectivity index (χ1n) is 8.60. The first-order chi connectivity index (χ1) is 13.6. The van der Waals surface area contributed by atoms with Crippen LogP contribution in [-0.2, 0) is 11.3 Å². The Labute approximate surface area is 165 Å². The number of hydrogen-bond acceptors (Lipinski definition) is 8. The first-order valence-corrected chi connectivity index (χ1v) is 8.60. The SMILES string of the molecule is CC(F)(F)c1cccc(-c2nc(N)nc(Nc3ccnc(C(C)(C)C#N)c3)n2)n1. The molecule has 0 fully saturated rings. The van der Waals surface area contributed by atoms with Gasteiger partial charge in [0.15, 0.2) is 5.82 Å². The van der Waals surface area contributed by atoms with Gasteiger partial charge in [-0.15, -0.1) is 0 Å². The molecule has 0 aliphatic carbocycles. The van der Waals surface area contributed by atoms with Gasteiger partial charge in [-0.05, 0) is 38.1 Å². The molecule has 3 heterocycles. The lowest BCUT2D eigenvalue weighted by atomic mass is 9.91. The van der Waals surface area contributed by atoms with Gasteiger partial charge in [0, 0.05) is 18.8 Å². The van der Waals surface area contributed by atoms with Crippen molar-refractivity contribution in [2.24, 2.45) is 0 Å². The number of nitriles is 1. The summed E-state index contributed by atoms with van der Waals surface area (Å²) >= 11 is 0. The summed E-state index contributed by atoms with van der Waals surface area (Å²) in [4.78, 5) is 20.4. The molecule has 3 rings (SSSR count). The Bertz CT molecular complexity index is 1090. The zero-order chi connectivity index (χ0) is 21.2. The van der Waals surface area contributed by atoms with E-state index in [1.54, 1.807) is 32.2 Å². The molecule has 8 nitrogen and oxygen atoms in total. The van der Waals surface area contributed by atoms with Crippen LogP contribution in [0, 0.1) is 11.3 Å². The van der Waals surface area contributed by atoms with Crippen molar-refractivity contribution >= 4 is 17.6 Å². The second-order valence-corrected chi connectivity index (χ2v) is 6.93. The minimum absolute atomic E-state index is 0.0535. The van der Waals surface area contributed by atoms with Crippen LogP contribution >= 0.6 is 0 Å². The Hall–Kier alpha value is -3.74. The zero-order valence-corrected chi connectivity index (χ0v) is 16.0. The van der Waals surface area contributed by atoms with Crippen molar-refractivity contribution in [2.45, 2.75) is 32.1 Å². The highest BCUT2D eigenvalue weighted by molar-refractivity contribution is 5.59. The number of nitrogens with one attached hydrogen (secondary N) is 1. The average molecular weight is 396 g/mol. The molecule has 0 bridgehead atoms. The largest absolute Gasteiger partial charge is 0.368 e. The van der Waals surface area contributed by atoms with Crippen LogP contribution in [0.25, 0.3) is 11.5 Å². The third-order valence-corrected chi connectivity index (χ3v) is 4.02. The van der Waals surface area contributed by atoms with Crippen LogP contribution in [0.15, 0.2) is 36.5 Å². The average Bonchev–Trinajstić information content (AvgIpc) is 2.67. The molecular formula is C19H18F2N8. The number of pyridine rings is 2. The molecule has 0 spiro atoms. The molecule has 0 saturated heterocycles. The summed E-state index contributed by atoms with van der Waals surface area (Å²) in [7, 11) is 0. The fraction of sp³-hybridized carbons (Fsp3) is 0.263. The predicted molar refractivity (Wildman–Crippen MR) is 103 cm³/mol. The van der Waals surface area contributed by atoms with Crippen LogP contribution in [0.3, 0.4) is 0 Å². The van der Waals surface area contributed by atoms with Gasteiger partial charge in [0.2, 0.25) is 11.9 Å². The van der Waals surface area contributed by atoms with Crippen molar-refractivity contribution in [3.05, 3.63) is 47.9 Å². The number of nitrogen functional groups attached to an aromatic ring is 1. The molecule has 148 valence electrons. The van der Waals surface area contributed by atoms with Crippen LogP contribution in [0.4, 0.5) is 26.4 Å². The Morgan fingerprint density at radius 1 is 1.03 bits per heavy atom. The molecule has 0 aromatic carbocycles.